The molecule has 2 heterocycles. The first kappa shape index (κ1) is 11.0. The fourth-order valence-corrected chi connectivity index (χ4v) is 2.47. The van der Waals surface area contributed by atoms with E-state index in [0.717, 1.165) is 24.1 Å². The van der Waals surface area contributed by atoms with Crippen molar-refractivity contribution in [3.63, 3.8) is 0 Å². The summed E-state index contributed by atoms with van der Waals surface area (Å²) in [6, 6.07) is 0. The number of hydrogen-bond acceptors (Lipinski definition) is 4. The van der Waals surface area contributed by atoms with E-state index in [2.05, 4.69) is 9.55 Å². The van der Waals surface area contributed by atoms with Gasteiger partial charge in [0.2, 0.25) is 0 Å². The molecule has 0 amide bonds. The van der Waals surface area contributed by atoms with Crippen molar-refractivity contribution in [1.29, 1.82) is 0 Å². The summed E-state index contributed by atoms with van der Waals surface area (Å²) < 4.78 is 7.77. The minimum absolute atomic E-state index is 0.372. The van der Waals surface area contributed by atoms with Gasteiger partial charge in [-0.3, -0.25) is 0 Å². The SMILES string of the molecule is NCCSc1nccn1CC1CCCO1. The molecule has 1 aliphatic heterocycles. The third-order valence-corrected chi connectivity index (χ3v) is 3.49. The number of aromatic nitrogens is 2. The zero-order chi connectivity index (χ0) is 10.5. The van der Waals surface area contributed by atoms with Gasteiger partial charge >= 0.3 is 0 Å². The van der Waals surface area contributed by atoms with Gasteiger partial charge in [-0.15, -0.1) is 0 Å². The Morgan fingerprint density at radius 3 is 3.33 bits per heavy atom. The van der Waals surface area contributed by atoms with Crippen molar-refractivity contribution in [2.24, 2.45) is 5.73 Å². The molecule has 0 bridgehead atoms. The van der Waals surface area contributed by atoms with Crippen LogP contribution in [0.4, 0.5) is 0 Å². The molecule has 1 aromatic heterocycles. The summed E-state index contributed by atoms with van der Waals surface area (Å²) in [5, 5.41) is 1.05. The second-order valence-electron chi connectivity index (χ2n) is 3.63. The second-order valence-corrected chi connectivity index (χ2v) is 4.70. The van der Waals surface area contributed by atoms with Crippen LogP contribution >= 0.6 is 11.8 Å². The highest BCUT2D eigenvalue weighted by molar-refractivity contribution is 7.99. The molecule has 1 unspecified atom stereocenters. The molecule has 0 aromatic carbocycles. The Morgan fingerprint density at radius 1 is 1.67 bits per heavy atom. The molecular formula is C10H17N3OS. The van der Waals surface area contributed by atoms with Crippen molar-refractivity contribution in [2.75, 3.05) is 18.9 Å². The van der Waals surface area contributed by atoms with Gasteiger partial charge in [0.05, 0.1) is 12.6 Å². The van der Waals surface area contributed by atoms with Crippen molar-refractivity contribution >= 4 is 11.8 Å². The van der Waals surface area contributed by atoms with E-state index in [9.17, 15) is 0 Å². The largest absolute Gasteiger partial charge is 0.376 e. The fourth-order valence-electron chi connectivity index (χ4n) is 1.73. The standard InChI is InChI=1S/C10H17N3OS/c11-3-7-15-10-12-4-5-13(10)8-9-2-1-6-14-9/h4-5,9H,1-3,6-8,11H2. The maximum Gasteiger partial charge on any atom is 0.168 e. The summed E-state index contributed by atoms with van der Waals surface area (Å²) in [5.74, 6) is 0.919. The summed E-state index contributed by atoms with van der Waals surface area (Å²) in [4.78, 5) is 4.31. The van der Waals surface area contributed by atoms with Crippen LogP contribution < -0.4 is 5.73 Å². The first-order valence-corrected chi connectivity index (χ1v) is 6.34. The van der Waals surface area contributed by atoms with Crippen molar-refractivity contribution < 1.29 is 4.74 Å². The van der Waals surface area contributed by atoms with Gasteiger partial charge < -0.3 is 15.0 Å². The molecule has 0 saturated carbocycles. The number of imidazole rings is 1. The smallest absolute Gasteiger partial charge is 0.168 e. The molecule has 1 saturated heterocycles. The predicted octanol–water partition coefficient (Wildman–Crippen LogP) is 1.11. The Bertz CT molecular complexity index is 297. The number of nitrogens with two attached hydrogens (primary N) is 1. The molecule has 5 heteroatoms. The summed E-state index contributed by atoms with van der Waals surface area (Å²) >= 11 is 1.71. The van der Waals surface area contributed by atoms with E-state index in [4.69, 9.17) is 10.5 Å². The zero-order valence-corrected chi connectivity index (χ0v) is 9.58. The molecule has 0 aliphatic carbocycles. The average Bonchev–Trinajstić information content (AvgIpc) is 2.87. The van der Waals surface area contributed by atoms with E-state index in [0.29, 0.717) is 12.6 Å². The highest BCUT2D eigenvalue weighted by atomic mass is 32.2. The van der Waals surface area contributed by atoms with Crippen LogP contribution in [0.5, 0.6) is 0 Å². The molecule has 84 valence electrons. The van der Waals surface area contributed by atoms with E-state index in [1.165, 1.54) is 12.8 Å². The summed E-state index contributed by atoms with van der Waals surface area (Å²) in [7, 11) is 0. The first-order valence-electron chi connectivity index (χ1n) is 5.36. The molecule has 0 spiro atoms. The molecule has 1 aromatic rings. The van der Waals surface area contributed by atoms with Crippen LogP contribution in [0.2, 0.25) is 0 Å². The van der Waals surface area contributed by atoms with Gasteiger partial charge in [-0.2, -0.15) is 0 Å². The number of ether oxygens (including phenoxy) is 1. The lowest BCUT2D eigenvalue weighted by molar-refractivity contribution is 0.0950. The molecule has 0 radical (unpaired) electrons. The summed E-state index contributed by atoms with van der Waals surface area (Å²) in [6.07, 6.45) is 6.58. The molecular weight excluding hydrogens is 210 g/mol. The van der Waals surface area contributed by atoms with Gasteiger partial charge in [0, 0.05) is 31.3 Å². The quantitative estimate of drug-likeness (QED) is 0.766. The third kappa shape index (κ3) is 2.96. The van der Waals surface area contributed by atoms with Gasteiger partial charge in [0.15, 0.2) is 5.16 Å². The Balaban J connectivity index is 1.91. The van der Waals surface area contributed by atoms with Gasteiger partial charge in [0.25, 0.3) is 0 Å². The maximum absolute atomic E-state index is 5.60. The molecule has 1 fully saturated rings. The number of hydrogen-bond donors (Lipinski definition) is 1. The normalized spacial score (nSPS) is 21.0. The topological polar surface area (TPSA) is 53.1 Å². The van der Waals surface area contributed by atoms with Crippen LogP contribution in [-0.4, -0.2) is 34.6 Å². The maximum atomic E-state index is 5.60. The van der Waals surface area contributed by atoms with Crippen LogP contribution in [0.3, 0.4) is 0 Å². The van der Waals surface area contributed by atoms with E-state index < -0.39 is 0 Å². The van der Waals surface area contributed by atoms with E-state index in [1.54, 1.807) is 11.8 Å². The molecule has 4 nitrogen and oxygen atoms in total. The highest BCUT2D eigenvalue weighted by Crippen LogP contribution is 2.19. The van der Waals surface area contributed by atoms with Crippen LogP contribution in [0.25, 0.3) is 0 Å². The lowest BCUT2D eigenvalue weighted by Crippen LogP contribution is -2.15. The Labute approximate surface area is 94.2 Å². The highest BCUT2D eigenvalue weighted by Gasteiger charge is 2.17. The first-order chi connectivity index (χ1) is 7.40. The van der Waals surface area contributed by atoms with Crippen molar-refractivity contribution in [3.05, 3.63) is 12.4 Å². The van der Waals surface area contributed by atoms with E-state index in [-0.39, 0.29) is 0 Å². The Morgan fingerprint density at radius 2 is 2.60 bits per heavy atom. The zero-order valence-electron chi connectivity index (χ0n) is 8.76. The number of thioether (sulfide) groups is 1. The van der Waals surface area contributed by atoms with Gasteiger partial charge in [-0.25, -0.2) is 4.98 Å². The minimum Gasteiger partial charge on any atom is -0.376 e. The van der Waals surface area contributed by atoms with Gasteiger partial charge in [-0.05, 0) is 12.8 Å². The number of rotatable bonds is 5. The fraction of sp³-hybridized carbons (Fsp3) is 0.700. The van der Waals surface area contributed by atoms with Crippen LogP contribution in [0.1, 0.15) is 12.8 Å². The Hall–Kier alpha value is -0.520. The lowest BCUT2D eigenvalue weighted by atomic mass is 10.2. The second kappa shape index (κ2) is 5.53. The van der Waals surface area contributed by atoms with Gasteiger partial charge in [0.1, 0.15) is 0 Å². The van der Waals surface area contributed by atoms with E-state index in [1.807, 2.05) is 12.4 Å². The number of nitrogens with zero attached hydrogens (tertiary/aromatic N) is 2. The van der Waals surface area contributed by atoms with Crippen molar-refractivity contribution in [1.82, 2.24) is 9.55 Å². The average molecular weight is 227 g/mol. The van der Waals surface area contributed by atoms with Crippen LogP contribution in [0, 0.1) is 0 Å². The summed E-state index contributed by atoms with van der Waals surface area (Å²) in [6.45, 7) is 2.52. The third-order valence-electron chi connectivity index (χ3n) is 2.45. The molecule has 1 aliphatic rings. The van der Waals surface area contributed by atoms with E-state index >= 15 is 0 Å². The lowest BCUT2D eigenvalue weighted by Gasteiger charge is -2.12. The minimum atomic E-state index is 0.372. The predicted molar refractivity (Wildman–Crippen MR) is 61.0 cm³/mol. The Kier molecular flexibility index (Phi) is 4.05. The monoisotopic (exact) mass is 227 g/mol. The molecule has 2 N–H and O–H groups in total. The van der Waals surface area contributed by atoms with Gasteiger partial charge in [-0.1, -0.05) is 11.8 Å². The molecule has 2 rings (SSSR count). The summed E-state index contributed by atoms with van der Waals surface area (Å²) in [5.41, 5.74) is 5.48. The van der Waals surface area contributed by atoms with Crippen molar-refractivity contribution in [3.8, 4) is 0 Å². The van der Waals surface area contributed by atoms with Crippen molar-refractivity contribution in [2.45, 2.75) is 30.6 Å². The van der Waals surface area contributed by atoms with Crippen LogP contribution in [-0.2, 0) is 11.3 Å². The molecule has 15 heavy (non-hydrogen) atoms. The van der Waals surface area contributed by atoms with Crippen LogP contribution in [0.15, 0.2) is 17.6 Å². The molecule has 1 atom stereocenters.